The molecule has 1 amide bonds. The molecule has 4 aliphatic carbocycles. The molecule has 0 unspecified atom stereocenters. The van der Waals surface area contributed by atoms with Gasteiger partial charge in [0.25, 0.3) is 0 Å². The summed E-state index contributed by atoms with van der Waals surface area (Å²) in [4.78, 5) is 25.7. The summed E-state index contributed by atoms with van der Waals surface area (Å²) in [6, 6.07) is 2.86. The van der Waals surface area contributed by atoms with E-state index >= 15 is 0 Å². The SMILES string of the molecule is COc1ccc2c3c1O[C@@H]1[C@@]4(OC)C=C[C@@]5(C[C@@H]4[N+](=O)[O-])[C@@H](C2)N(C=O)CC[C@]315. The van der Waals surface area contributed by atoms with Crippen LogP contribution in [0.4, 0.5) is 0 Å². The van der Waals surface area contributed by atoms with E-state index in [2.05, 4.69) is 12.1 Å². The first-order valence-corrected chi connectivity index (χ1v) is 9.96. The van der Waals surface area contributed by atoms with E-state index in [4.69, 9.17) is 14.2 Å². The van der Waals surface area contributed by atoms with Crippen molar-refractivity contribution in [1.29, 1.82) is 0 Å². The molecular formula is C21H22N2O6. The van der Waals surface area contributed by atoms with Crippen molar-refractivity contribution in [3.63, 3.8) is 0 Å². The number of piperidine rings is 1. The molecule has 2 fully saturated rings. The van der Waals surface area contributed by atoms with E-state index in [9.17, 15) is 14.9 Å². The second-order valence-corrected chi connectivity index (χ2v) is 8.85. The van der Waals surface area contributed by atoms with Crippen LogP contribution in [0.3, 0.4) is 0 Å². The van der Waals surface area contributed by atoms with Crippen molar-refractivity contribution in [3.8, 4) is 11.5 Å². The van der Waals surface area contributed by atoms with E-state index in [1.54, 1.807) is 7.11 Å². The minimum absolute atomic E-state index is 0.138. The Morgan fingerprint density at radius 2 is 2.17 bits per heavy atom. The molecule has 2 heterocycles. The molecule has 7 rings (SSSR count). The van der Waals surface area contributed by atoms with Crippen LogP contribution < -0.4 is 9.47 Å². The first-order valence-electron chi connectivity index (χ1n) is 9.96. The monoisotopic (exact) mass is 398 g/mol. The average Bonchev–Trinajstić information content (AvgIpc) is 3.10. The highest BCUT2D eigenvalue weighted by atomic mass is 16.6. The summed E-state index contributed by atoms with van der Waals surface area (Å²) >= 11 is 0. The van der Waals surface area contributed by atoms with Crippen molar-refractivity contribution in [2.24, 2.45) is 5.41 Å². The second kappa shape index (κ2) is 5.11. The molecule has 29 heavy (non-hydrogen) atoms. The van der Waals surface area contributed by atoms with Gasteiger partial charge in [-0.3, -0.25) is 14.9 Å². The van der Waals surface area contributed by atoms with Gasteiger partial charge < -0.3 is 19.1 Å². The van der Waals surface area contributed by atoms with Gasteiger partial charge >= 0.3 is 0 Å². The normalized spacial score (nSPS) is 42.3. The lowest BCUT2D eigenvalue weighted by atomic mass is 9.38. The standard InChI is InChI=1S/C21H22N2O6/c1-27-13-4-3-12-9-14-19-5-6-21(28-2,15(10-19)23(25)26)18-20(19,7-8-22(14)11-24)16(12)17(13)29-18/h3-6,11,14-15,18H,7-10H2,1-2H3/t14-,15+,18+,19-,20+,21-/m1/s1. The van der Waals surface area contributed by atoms with Crippen molar-refractivity contribution >= 4 is 6.41 Å². The van der Waals surface area contributed by atoms with Gasteiger partial charge in [0.15, 0.2) is 17.1 Å². The first kappa shape index (κ1) is 17.3. The maximum Gasteiger partial charge on any atom is 0.249 e. The Kier molecular flexibility index (Phi) is 3.04. The Hall–Kier alpha value is -2.61. The Morgan fingerprint density at radius 1 is 1.34 bits per heavy atom. The number of likely N-dealkylation sites (tertiary alicyclic amines) is 1. The van der Waals surface area contributed by atoms with Crippen molar-refractivity contribution in [2.45, 2.75) is 48.5 Å². The number of carbonyl (C=O) groups excluding carboxylic acids is 1. The fourth-order valence-electron chi connectivity index (χ4n) is 7.35. The van der Waals surface area contributed by atoms with Gasteiger partial charge in [-0.1, -0.05) is 12.1 Å². The van der Waals surface area contributed by atoms with Gasteiger partial charge in [0.05, 0.1) is 12.5 Å². The molecule has 8 heteroatoms. The lowest BCUT2D eigenvalue weighted by molar-refractivity contribution is -0.558. The quantitative estimate of drug-likeness (QED) is 0.330. The Bertz CT molecular complexity index is 994. The largest absolute Gasteiger partial charge is 0.493 e. The molecule has 2 aliphatic heterocycles. The lowest BCUT2D eigenvalue weighted by Gasteiger charge is -2.68. The smallest absolute Gasteiger partial charge is 0.249 e. The summed E-state index contributed by atoms with van der Waals surface area (Å²) in [6.07, 6.45) is 5.98. The third-order valence-electron chi connectivity index (χ3n) is 8.41. The molecule has 8 nitrogen and oxygen atoms in total. The number of ether oxygens (including phenoxy) is 3. The van der Waals surface area contributed by atoms with Crippen molar-refractivity contribution < 1.29 is 23.9 Å². The Morgan fingerprint density at radius 3 is 2.86 bits per heavy atom. The van der Waals surface area contributed by atoms with Crippen LogP contribution in [0.25, 0.3) is 0 Å². The highest BCUT2D eigenvalue weighted by Gasteiger charge is 2.82. The minimum Gasteiger partial charge on any atom is -0.493 e. The van der Waals surface area contributed by atoms with Gasteiger partial charge in [-0.25, -0.2) is 0 Å². The molecule has 6 atom stereocenters. The summed E-state index contributed by atoms with van der Waals surface area (Å²) < 4.78 is 18.1. The molecular weight excluding hydrogens is 376 g/mol. The van der Waals surface area contributed by atoms with E-state index in [-0.39, 0.29) is 11.0 Å². The average molecular weight is 398 g/mol. The predicted octanol–water partition coefficient (Wildman–Crippen LogP) is 1.47. The maximum atomic E-state index is 12.2. The van der Waals surface area contributed by atoms with Gasteiger partial charge in [-0.05, 0) is 30.5 Å². The molecule has 1 saturated carbocycles. The van der Waals surface area contributed by atoms with Crippen LogP contribution in [0.15, 0.2) is 24.3 Å². The molecule has 0 aromatic heterocycles. The third-order valence-corrected chi connectivity index (χ3v) is 8.41. The number of nitrogens with zero attached hydrogens (tertiary/aromatic N) is 2. The van der Waals surface area contributed by atoms with Gasteiger partial charge in [0.2, 0.25) is 12.5 Å². The lowest BCUT2D eigenvalue weighted by Crippen LogP contribution is -2.81. The van der Waals surface area contributed by atoms with Crippen LogP contribution in [-0.2, 0) is 21.4 Å². The molecule has 1 aromatic rings. The summed E-state index contributed by atoms with van der Waals surface area (Å²) in [7, 11) is 3.14. The van der Waals surface area contributed by atoms with Gasteiger partial charge in [-0.15, -0.1) is 0 Å². The number of benzene rings is 1. The topological polar surface area (TPSA) is 91.1 Å². The zero-order valence-corrected chi connectivity index (χ0v) is 16.3. The highest BCUT2D eigenvalue weighted by Crippen LogP contribution is 2.73. The van der Waals surface area contributed by atoms with Crippen molar-refractivity contribution in [2.75, 3.05) is 20.8 Å². The number of nitro groups is 1. The molecule has 6 aliphatic rings. The molecule has 4 bridgehead atoms. The van der Waals surface area contributed by atoms with Gasteiger partial charge in [0, 0.05) is 42.0 Å². The van der Waals surface area contributed by atoms with Crippen molar-refractivity contribution in [3.05, 3.63) is 45.5 Å². The Balaban J connectivity index is 1.71. The van der Waals surface area contributed by atoms with Crippen LogP contribution in [0.5, 0.6) is 11.5 Å². The highest BCUT2D eigenvalue weighted by molar-refractivity contribution is 5.66. The number of methoxy groups -OCH3 is 2. The molecule has 0 radical (unpaired) electrons. The number of carbonyl (C=O) groups is 1. The van der Waals surface area contributed by atoms with Gasteiger partial charge in [0.1, 0.15) is 6.10 Å². The van der Waals surface area contributed by atoms with E-state index in [1.165, 1.54) is 7.11 Å². The molecule has 0 N–H and O–H groups in total. The van der Waals surface area contributed by atoms with Crippen LogP contribution in [0.2, 0.25) is 0 Å². The van der Waals surface area contributed by atoms with Crippen LogP contribution in [-0.4, -0.2) is 60.8 Å². The Labute approximate surface area is 167 Å². The summed E-state index contributed by atoms with van der Waals surface area (Å²) in [5, 5.41) is 12.2. The van der Waals surface area contributed by atoms with Crippen LogP contribution in [0.1, 0.15) is 24.0 Å². The van der Waals surface area contributed by atoms with E-state index in [1.807, 2.05) is 17.0 Å². The number of rotatable bonds is 4. The predicted molar refractivity (Wildman–Crippen MR) is 101 cm³/mol. The fraction of sp³-hybridized carbons (Fsp3) is 0.571. The zero-order chi connectivity index (χ0) is 20.2. The van der Waals surface area contributed by atoms with E-state index < -0.39 is 28.6 Å². The summed E-state index contributed by atoms with van der Waals surface area (Å²) in [5.74, 6) is 1.33. The first-order chi connectivity index (χ1) is 14.0. The summed E-state index contributed by atoms with van der Waals surface area (Å²) in [6.45, 7) is 0.600. The summed E-state index contributed by atoms with van der Waals surface area (Å²) in [5.41, 5.74) is 0.0647. The maximum absolute atomic E-state index is 12.2. The molecule has 2 spiro atoms. The molecule has 152 valence electrons. The van der Waals surface area contributed by atoms with E-state index in [0.29, 0.717) is 37.3 Å². The van der Waals surface area contributed by atoms with Gasteiger partial charge in [-0.2, -0.15) is 0 Å². The second-order valence-electron chi connectivity index (χ2n) is 8.85. The van der Waals surface area contributed by atoms with Crippen molar-refractivity contribution in [1.82, 2.24) is 4.90 Å². The molecule has 1 saturated heterocycles. The zero-order valence-electron chi connectivity index (χ0n) is 16.3. The number of hydrogen-bond acceptors (Lipinski definition) is 6. The number of amides is 1. The third kappa shape index (κ3) is 1.56. The van der Waals surface area contributed by atoms with E-state index in [0.717, 1.165) is 17.5 Å². The number of hydrogen-bond donors (Lipinski definition) is 0. The number of fused-ring (bicyclic) bond motifs is 1. The van der Waals surface area contributed by atoms with Crippen LogP contribution >= 0.6 is 0 Å². The fourth-order valence-corrected chi connectivity index (χ4v) is 7.35. The molecule has 1 aromatic carbocycles. The van der Waals surface area contributed by atoms with Crippen LogP contribution in [0, 0.1) is 15.5 Å². The minimum atomic E-state index is -1.15.